The van der Waals surface area contributed by atoms with E-state index in [0.717, 1.165) is 0 Å². The first-order chi connectivity index (χ1) is 14.2. The molecule has 8 heteroatoms. The second-order valence-electron chi connectivity index (χ2n) is 7.48. The van der Waals surface area contributed by atoms with Gasteiger partial charge in [0.25, 0.3) is 5.91 Å². The average Bonchev–Trinajstić information content (AvgIpc) is 2.68. The predicted molar refractivity (Wildman–Crippen MR) is 112 cm³/mol. The van der Waals surface area contributed by atoms with Crippen LogP contribution in [-0.2, 0) is 30.3 Å². The molecule has 30 heavy (non-hydrogen) atoms. The second-order valence-corrected chi connectivity index (χ2v) is 7.48. The third kappa shape index (κ3) is 4.48. The average molecular weight is 409 g/mol. The molecule has 156 valence electrons. The molecule has 0 saturated carbocycles. The van der Waals surface area contributed by atoms with Gasteiger partial charge in [-0.3, -0.25) is 24.1 Å². The summed E-state index contributed by atoms with van der Waals surface area (Å²) in [6, 6.07) is 13.7. The minimum absolute atomic E-state index is 0.0197. The summed E-state index contributed by atoms with van der Waals surface area (Å²) in [5, 5.41) is 5.43. The van der Waals surface area contributed by atoms with Gasteiger partial charge in [-0.15, -0.1) is 0 Å². The van der Waals surface area contributed by atoms with Crippen molar-refractivity contribution in [3.63, 3.8) is 0 Å². The molecule has 0 unspecified atom stereocenters. The Hall–Kier alpha value is -3.68. The fourth-order valence-corrected chi connectivity index (χ4v) is 3.23. The van der Waals surface area contributed by atoms with Crippen molar-refractivity contribution in [3.8, 4) is 0 Å². The SMILES string of the molecule is CC(=O)Nc1ccc(CC(=O)OCC(=O)N2c3ccccc3NC(=O)C2(C)C)cc1. The topological polar surface area (TPSA) is 105 Å². The van der Waals surface area contributed by atoms with Crippen molar-refractivity contribution in [1.29, 1.82) is 0 Å². The van der Waals surface area contributed by atoms with Gasteiger partial charge in [-0.2, -0.15) is 0 Å². The van der Waals surface area contributed by atoms with Crippen LogP contribution in [0.2, 0.25) is 0 Å². The fourth-order valence-electron chi connectivity index (χ4n) is 3.23. The number of benzene rings is 2. The first-order valence-corrected chi connectivity index (χ1v) is 9.44. The highest BCUT2D eigenvalue weighted by Crippen LogP contribution is 2.36. The van der Waals surface area contributed by atoms with E-state index < -0.39 is 24.0 Å². The Morgan fingerprint density at radius 2 is 1.73 bits per heavy atom. The van der Waals surface area contributed by atoms with E-state index in [2.05, 4.69) is 10.6 Å². The number of carbonyl (C=O) groups excluding carboxylic acids is 4. The molecular formula is C22H23N3O5. The molecule has 0 saturated heterocycles. The van der Waals surface area contributed by atoms with Crippen LogP contribution in [0, 0.1) is 0 Å². The van der Waals surface area contributed by atoms with E-state index in [-0.39, 0.29) is 18.2 Å². The number of carbonyl (C=O) groups is 4. The second kappa shape index (κ2) is 8.36. The van der Waals surface area contributed by atoms with Crippen molar-refractivity contribution in [2.45, 2.75) is 32.7 Å². The molecule has 0 radical (unpaired) electrons. The van der Waals surface area contributed by atoms with E-state index in [0.29, 0.717) is 22.6 Å². The lowest BCUT2D eigenvalue weighted by atomic mass is 9.96. The standard InChI is InChI=1S/C22H23N3O5/c1-14(26)23-16-10-8-15(9-11-16)12-20(28)30-13-19(27)25-18-7-5-4-6-17(18)24-21(29)22(25,2)3/h4-11H,12-13H2,1-3H3,(H,23,26)(H,24,29). The molecule has 2 aromatic rings. The minimum Gasteiger partial charge on any atom is -0.455 e. The normalized spacial score (nSPS) is 14.4. The summed E-state index contributed by atoms with van der Waals surface area (Å²) >= 11 is 0. The number of amides is 3. The summed E-state index contributed by atoms with van der Waals surface area (Å²) in [5.41, 5.74) is 1.26. The minimum atomic E-state index is -1.13. The zero-order valence-electron chi connectivity index (χ0n) is 17.0. The first-order valence-electron chi connectivity index (χ1n) is 9.44. The summed E-state index contributed by atoms with van der Waals surface area (Å²) in [6.07, 6.45) is -0.0197. The highest BCUT2D eigenvalue weighted by molar-refractivity contribution is 6.14. The lowest BCUT2D eigenvalue weighted by Crippen LogP contribution is -2.59. The summed E-state index contributed by atoms with van der Waals surface area (Å²) < 4.78 is 5.17. The molecule has 0 aromatic heterocycles. The van der Waals surface area contributed by atoms with Gasteiger partial charge in [-0.05, 0) is 43.7 Å². The molecule has 3 rings (SSSR count). The molecule has 0 bridgehead atoms. The number of nitrogens with zero attached hydrogens (tertiary/aromatic N) is 1. The van der Waals surface area contributed by atoms with Gasteiger partial charge in [-0.1, -0.05) is 24.3 Å². The van der Waals surface area contributed by atoms with Gasteiger partial charge in [0.05, 0.1) is 17.8 Å². The highest BCUT2D eigenvalue weighted by atomic mass is 16.5. The largest absolute Gasteiger partial charge is 0.455 e. The molecule has 0 aliphatic carbocycles. The van der Waals surface area contributed by atoms with Crippen molar-refractivity contribution >= 4 is 40.8 Å². The van der Waals surface area contributed by atoms with E-state index in [1.54, 1.807) is 62.4 Å². The van der Waals surface area contributed by atoms with E-state index in [1.165, 1.54) is 11.8 Å². The number of rotatable bonds is 5. The predicted octanol–water partition coefficient (Wildman–Crippen LogP) is 2.49. The molecule has 1 heterocycles. The summed E-state index contributed by atoms with van der Waals surface area (Å²) in [5.74, 6) is -1.56. The van der Waals surface area contributed by atoms with Crippen LogP contribution in [0.3, 0.4) is 0 Å². The summed E-state index contributed by atoms with van der Waals surface area (Å²) in [7, 11) is 0. The van der Waals surface area contributed by atoms with Crippen LogP contribution in [0.15, 0.2) is 48.5 Å². The number of hydrogen-bond acceptors (Lipinski definition) is 5. The molecule has 0 atom stereocenters. The Labute approximate surface area is 174 Å². The maximum Gasteiger partial charge on any atom is 0.310 e. The molecule has 8 nitrogen and oxygen atoms in total. The van der Waals surface area contributed by atoms with Crippen LogP contribution in [0.25, 0.3) is 0 Å². The summed E-state index contributed by atoms with van der Waals surface area (Å²) in [6.45, 7) is 4.20. The van der Waals surface area contributed by atoms with Gasteiger partial charge in [0.1, 0.15) is 5.54 Å². The maximum atomic E-state index is 12.9. The Kier molecular flexibility index (Phi) is 5.86. The van der Waals surface area contributed by atoms with Crippen molar-refractivity contribution < 1.29 is 23.9 Å². The molecule has 1 aliphatic heterocycles. The zero-order chi connectivity index (χ0) is 21.9. The van der Waals surface area contributed by atoms with Gasteiger partial charge < -0.3 is 15.4 Å². The number of anilines is 3. The van der Waals surface area contributed by atoms with Crippen molar-refractivity contribution in [2.75, 3.05) is 22.1 Å². The molecule has 2 N–H and O–H groups in total. The van der Waals surface area contributed by atoms with Crippen LogP contribution < -0.4 is 15.5 Å². The Morgan fingerprint density at radius 1 is 1.07 bits per heavy atom. The van der Waals surface area contributed by atoms with Crippen LogP contribution in [0.4, 0.5) is 17.1 Å². The number of hydrogen-bond donors (Lipinski definition) is 2. The Bertz CT molecular complexity index is 998. The quantitative estimate of drug-likeness (QED) is 0.739. The number of ether oxygens (including phenoxy) is 1. The van der Waals surface area contributed by atoms with Gasteiger partial charge in [-0.25, -0.2) is 0 Å². The smallest absolute Gasteiger partial charge is 0.310 e. The lowest BCUT2D eigenvalue weighted by molar-refractivity contribution is -0.147. The Balaban J connectivity index is 1.64. The van der Waals surface area contributed by atoms with Gasteiger partial charge in [0.2, 0.25) is 11.8 Å². The van der Waals surface area contributed by atoms with E-state index in [4.69, 9.17) is 4.74 Å². The zero-order valence-corrected chi connectivity index (χ0v) is 17.0. The van der Waals surface area contributed by atoms with Gasteiger partial charge in [0.15, 0.2) is 6.61 Å². The third-order valence-corrected chi connectivity index (χ3v) is 4.74. The van der Waals surface area contributed by atoms with Crippen LogP contribution in [0.5, 0.6) is 0 Å². The van der Waals surface area contributed by atoms with Crippen LogP contribution in [-0.4, -0.2) is 35.8 Å². The van der Waals surface area contributed by atoms with E-state index in [1.807, 2.05) is 0 Å². The maximum absolute atomic E-state index is 12.9. The molecule has 2 aromatic carbocycles. The van der Waals surface area contributed by atoms with E-state index in [9.17, 15) is 19.2 Å². The van der Waals surface area contributed by atoms with Crippen molar-refractivity contribution in [1.82, 2.24) is 0 Å². The molecular weight excluding hydrogens is 386 g/mol. The molecule has 0 spiro atoms. The lowest BCUT2D eigenvalue weighted by Gasteiger charge is -2.41. The van der Waals surface area contributed by atoms with Gasteiger partial charge >= 0.3 is 5.97 Å². The van der Waals surface area contributed by atoms with Crippen molar-refractivity contribution in [3.05, 3.63) is 54.1 Å². The van der Waals surface area contributed by atoms with Crippen molar-refractivity contribution in [2.24, 2.45) is 0 Å². The number of nitrogens with one attached hydrogen (secondary N) is 2. The highest BCUT2D eigenvalue weighted by Gasteiger charge is 2.43. The third-order valence-electron chi connectivity index (χ3n) is 4.74. The van der Waals surface area contributed by atoms with Crippen LogP contribution >= 0.6 is 0 Å². The Morgan fingerprint density at radius 3 is 2.40 bits per heavy atom. The molecule has 3 amide bonds. The molecule has 0 fully saturated rings. The number of esters is 1. The van der Waals surface area contributed by atoms with E-state index >= 15 is 0 Å². The van der Waals surface area contributed by atoms with Crippen LogP contribution in [0.1, 0.15) is 26.3 Å². The monoisotopic (exact) mass is 409 g/mol. The first kappa shape index (κ1) is 21.0. The fraction of sp³-hybridized carbons (Fsp3) is 0.273. The number of para-hydroxylation sites is 2. The summed E-state index contributed by atoms with van der Waals surface area (Å²) in [4.78, 5) is 49.9. The van der Waals surface area contributed by atoms with Gasteiger partial charge in [0, 0.05) is 12.6 Å². The molecule has 1 aliphatic rings. The number of fused-ring (bicyclic) bond motifs is 1.